The molecule has 3 heteroatoms. The van der Waals surface area contributed by atoms with Gasteiger partial charge in [0.25, 0.3) is 0 Å². The molecule has 0 saturated carbocycles. The lowest BCUT2D eigenvalue weighted by Crippen LogP contribution is -1.99. The molecular weight excluding hydrogens is 203 g/mol. The van der Waals surface area contributed by atoms with Gasteiger partial charge in [-0.05, 0) is 42.2 Å². The Labute approximate surface area is 93.9 Å². The molecule has 2 nitrogen and oxygen atoms in total. The van der Waals surface area contributed by atoms with Crippen LogP contribution in [0.2, 0.25) is 0 Å². The number of nitrogen functional groups attached to an aromatic ring is 1. The predicted molar refractivity (Wildman–Crippen MR) is 62.5 cm³/mol. The van der Waals surface area contributed by atoms with Gasteiger partial charge in [0.15, 0.2) is 0 Å². The number of nitrogens with zero attached hydrogens (tertiary/aromatic N) is 1. The van der Waals surface area contributed by atoms with Crippen molar-refractivity contribution in [1.29, 1.82) is 0 Å². The molecule has 1 aromatic carbocycles. The Hall–Kier alpha value is -1.90. The SMILES string of the molecule is Nc1ncccc1CCc1cccc(F)c1. The van der Waals surface area contributed by atoms with Crippen molar-refractivity contribution < 1.29 is 4.39 Å². The Morgan fingerprint density at radius 1 is 1.12 bits per heavy atom. The zero-order valence-corrected chi connectivity index (χ0v) is 8.86. The van der Waals surface area contributed by atoms with Crippen LogP contribution in [0, 0.1) is 5.82 Å². The first-order valence-electron chi connectivity index (χ1n) is 5.19. The summed E-state index contributed by atoms with van der Waals surface area (Å²) in [6, 6.07) is 10.4. The van der Waals surface area contributed by atoms with Crippen LogP contribution in [0.25, 0.3) is 0 Å². The number of nitrogens with two attached hydrogens (primary N) is 1. The summed E-state index contributed by atoms with van der Waals surface area (Å²) in [6.45, 7) is 0. The zero-order valence-electron chi connectivity index (χ0n) is 8.86. The maximum Gasteiger partial charge on any atom is 0.126 e. The molecule has 16 heavy (non-hydrogen) atoms. The molecule has 0 aliphatic rings. The Morgan fingerprint density at radius 3 is 2.75 bits per heavy atom. The van der Waals surface area contributed by atoms with Gasteiger partial charge < -0.3 is 5.73 Å². The summed E-state index contributed by atoms with van der Waals surface area (Å²) in [4.78, 5) is 4.01. The van der Waals surface area contributed by atoms with E-state index in [1.807, 2.05) is 18.2 Å². The van der Waals surface area contributed by atoms with Crippen LogP contribution in [0.5, 0.6) is 0 Å². The number of halogens is 1. The molecule has 0 saturated heterocycles. The highest BCUT2D eigenvalue weighted by atomic mass is 19.1. The van der Waals surface area contributed by atoms with Crippen LogP contribution in [0.4, 0.5) is 10.2 Å². The highest BCUT2D eigenvalue weighted by Crippen LogP contribution is 2.12. The number of anilines is 1. The number of aromatic nitrogens is 1. The van der Waals surface area contributed by atoms with Gasteiger partial charge in [-0.3, -0.25) is 0 Å². The summed E-state index contributed by atoms with van der Waals surface area (Å²) < 4.78 is 12.9. The summed E-state index contributed by atoms with van der Waals surface area (Å²) in [5.41, 5.74) is 7.71. The number of hydrogen-bond acceptors (Lipinski definition) is 2. The van der Waals surface area contributed by atoms with Crippen molar-refractivity contribution in [2.75, 3.05) is 5.73 Å². The Balaban J connectivity index is 2.05. The highest BCUT2D eigenvalue weighted by Gasteiger charge is 2.00. The van der Waals surface area contributed by atoms with Gasteiger partial charge in [0.1, 0.15) is 11.6 Å². The van der Waals surface area contributed by atoms with Crippen molar-refractivity contribution in [2.45, 2.75) is 12.8 Å². The van der Waals surface area contributed by atoms with Crippen molar-refractivity contribution >= 4 is 5.82 Å². The van der Waals surface area contributed by atoms with Gasteiger partial charge in [0.2, 0.25) is 0 Å². The van der Waals surface area contributed by atoms with Crippen LogP contribution in [0.3, 0.4) is 0 Å². The van der Waals surface area contributed by atoms with Crippen LogP contribution >= 0.6 is 0 Å². The summed E-state index contributed by atoms with van der Waals surface area (Å²) in [5, 5.41) is 0. The van der Waals surface area contributed by atoms with Crippen LogP contribution < -0.4 is 5.73 Å². The third kappa shape index (κ3) is 2.57. The van der Waals surface area contributed by atoms with Crippen molar-refractivity contribution in [3.05, 3.63) is 59.5 Å². The molecule has 1 heterocycles. The van der Waals surface area contributed by atoms with E-state index in [0.717, 1.165) is 24.0 Å². The van der Waals surface area contributed by atoms with Crippen molar-refractivity contribution in [1.82, 2.24) is 4.98 Å². The molecule has 0 fully saturated rings. The van der Waals surface area contributed by atoms with Crippen LogP contribution in [0.1, 0.15) is 11.1 Å². The summed E-state index contributed by atoms with van der Waals surface area (Å²) >= 11 is 0. The Bertz CT molecular complexity index is 483. The molecule has 0 bridgehead atoms. The lowest BCUT2D eigenvalue weighted by atomic mass is 10.1. The first-order chi connectivity index (χ1) is 7.75. The molecule has 0 radical (unpaired) electrons. The fourth-order valence-corrected chi connectivity index (χ4v) is 1.63. The van der Waals surface area contributed by atoms with E-state index in [4.69, 9.17) is 5.73 Å². The lowest BCUT2D eigenvalue weighted by molar-refractivity contribution is 0.625. The van der Waals surface area contributed by atoms with Gasteiger partial charge in [-0.25, -0.2) is 9.37 Å². The smallest absolute Gasteiger partial charge is 0.126 e. The molecule has 0 aliphatic heterocycles. The molecule has 2 rings (SSSR count). The topological polar surface area (TPSA) is 38.9 Å². The highest BCUT2D eigenvalue weighted by molar-refractivity contribution is 5.38. The van der Waals surface area contributed by atoms with E-state index in [9.17, 15) is 4.39 Å². The van der Waals surface area contributed by atoms with Crippen molar-refractivity contribution in [3.8, 4) is 0 Å². The summed E-state index contributed by atoms with van der Waals surface area (Å²) in [7, 11) is 0. The van der Waals surface area contributed by atoms with Crippen LogP contribution in [0.15, 0.2) is 42.6 Å². The second-order valence-electron chi connectivity index (χ2n) is 3.68. The zero-order chi connectivity index (χ0) is 11.4. The maximum atomic E-state index is 12.9. The minimum atomic E-state index is -0.198. The molecule has 0 aliphatic carbocycles. The molecular formula is C13H13FN2. The average Bonchev–Trinajstić information content (AvgIpc) is 2.28. The van der Waals surface area contributed by atoms with Gasteiger partial charge >= 0.3 is 0 Å². The van der Waals surface area contributed by atoms with E-state index >= 15 is 0 Å². The third-order valence-corrected chi connectivity index (χ3v) is 2.50. The Morgan fingerprint density at radius 2 is 2.00 bits per heavy atom. The fourth-order valence-electron chi connectivity index (χ4n) is 1.63. The average molecular weight is 216 g/mol. The lowest BCUT2D eigenvalue weighted by Gasteiger charge is -2.04. The van der Waals surface area contributed by atoms with Gasteiger partial charge in [0.05, 0.1) is 0 Å². The van der Waals surface area contributed by atoms with E-state index in [1.54, 1.807) is 18.3 Å². The largest absolute Gasteiger partial charge is 0.383 e. The summed E-state index contributed by atoms with van der Waals surface area (Å²) in [5.74, 6) is 0.357. The van der Waals surface area contributed by atoms with E-state index in [0.29, 0.717) is 5.82 Å². The normalized spacial score (nSPS) is 10.3. The quantitative estimate of drug-likeness (QED) is 0.856. The van der Waals surface area contributed by atoms with E-state index in [2.05, 4.69) is 4.98 Å². The number of pyridine rings is 1. The monoisotopic (exact) mass is 216 g/mol. The van der Waals surface area contributed by atoms with E-state index in [-0.39, 0.29) is 5.82 Å². The molecule has 0 spiro atoms. The van der Waals surface area contributed by atoms with Gasteiger partial charge in [-0.1, -0.05) is 18.2 Å². The second-order valence-corrected chi connectivity index (χ2v) is 3.68. The number of hydrogen-bond donors (Lipinski definition) is 1. The third-order valence-electron chi connectivity index (χ3n) is 2.50. The first kappa shape index (κ1) is 10.6. The molecule has 2 N–H and O–H groups in total. The number of benzene rings is 1. The maximum absolute atomic E-state index is 12.9. The van der Waals surface area contributed by atoms with E-state index < -0.39 is 0 Å². The molecule has 2 aromatic rings. The van der Waals surface area contributed by atoms with E-state index in [1.165, 1.54) is 6.07 Å². The minimum Gasteiger partial charge on any atom is -0.383 e. The molecule has 0 amide bonds. The molecule has 0 atom stereocenters. The molecule has 0 unspecified atom stereocenters. The van der Waals surface area contributed by atoms with Gasteiger partial charge in [0, 0.05) is 6.20 Å². The molecule has 1 aromatic heterocycles. The molecule has 82 valence electrons. The van der Waals surface area contributed by atoms with Crippen LogP contribution in [-0.4, -0.2) is 4.98 Å². The van der Waals surface area contributed by atoms with Gasteiger partial charge in [-0.15, -0.1) is 0 Å². The van der Waals surface area contributed by atoms with Crippen molar-refractivity contribution in [3.63, 3.8) is 0 Å². The Kier molecular flexibility index (Phi) is 3.15. The van der Waals surface area contributed by atoms with Crippen LogP contribution in [-0.2, 0) is 12.8 Å². The fraction of sp³-hybridized carbons (Fsp3) is 0.154. The van der Waals surface area contributed by atoms with Crippen molar-refractivity contribution in [2.24, 2.45) is 0 Å². The number of rotatable bonds is 3. The minimum absolute atomic E-state index is 0.198. The summed E-state index contributed by atoms with van der Waals surface area (Å²) in [6.07, 6.45) is 3.22. The predicted octanol–water partition coefficient (Wildman–Crippen LogP) is 2.59. The van der Waals surface area contributed by atoms with Gasteiger partial charge in [-0.2, -0.15) is 0 Å². The second kappa shape index (κ2) is 4.75. The first-order valence-corrected chi connectivity index (χ1v) is 5.19. The standard InChI is InChI=1S/C13H13FN2/c14-12-5-1-3-10(9-12)6-7-11-4-2-8-16-13(11)15/h1-5,8-9H,6-7H2,(H2,15,16). The number of aryl methyl sites for hydroxylation is 2.